The second kappa shape index (κ2) is 7.53. The summed E-state index contributed by atoms with van der Waals surface area (Å²) >= 11 is 0. The number of carbonyl (C=O) groups is 1. The minimum atomic E-state index is -0.470. The van der Waals surface area contributed by atoms with Gasteiger partial charge in [-0.1, -0.05) is 91.0 Å². The summed E-state index contributed by atoms with van der Waals surface area (Å²) in [4.78, 5) is 13.4. The van der Waals surface area contributed by atoms with Crippen LogP contribution in [0.5, 0.6) is 5.75 Å². The molecule has 142 valence electrons. The van der Waals surface area contributed by atoms with Crippen molar-refractivity contribution >= 4 is 16.6 Å². The van der Waals surface area contributed by atoms with Crippen LogP contribution in [0.25, 0.3) is 10.8 Å². The zero-order chi connectivity index (χ0) is 19.6. The number of ketones is 1. The van der Waals surface area contributed by atoms with Gasteiger partial charge in [0.2, 0.25) is 0 Å². The molecule has 29 heavy (non-hydrogen) atoms. The van der Waals surface area contributed by atoms with Crippen molar-refractivity contribution in [2.75, 3.05) is 0 Å². The van der Waals surface area contributed by atoms with E-state index in [9.17, 15) is 4.79 Å². The second-order valence-corrected chi connectivity index (χ2v) is 7.19. The quantitative estimate of drug-likeness (QED) is 0.316. The molecule has 0 N–H and O–H groups in total. The largest absolute Gasteiger partial charge is 0.488 e. The maximum Gasteiger partial charge on any atom is 0.198 e. The third-order valence-corrected chi connectivity index (χ3v) is 5.25. The molecule has 1 aliphatic rings. The highest BCUT2D eigenvalue weighted by Gasteiger charge is 2.47. The SMILES string of the molecule is O=C(c1c(OCc2ccccc2)ccc2ccccc12)[C@H]1O[C@@H]1c1ccccc1. The van der Waals surface area contributed by atoms with Gasteiger partial charge in [0.05, 0.1) is 5.56 Å². The summed E-state index contributed by atoms with van der Waals surface area (Å²) in [6.07, 6.45) is -0.660. The first-order valence-corrected chi connectivity index (χ1v) is 9.74. The molecule has 1 heterocycles. The molecule has 5 rings (SSSR count). The van der Waals surface area contributed by atoms with Crippen LogP contribution in [0.3, 0.4) is 0 Å². The fourth-order valence-electron chi connectivity index (χ4n) is 3.71. The molecule has 1 fully saturated rings. The van der Waals surface area contributed by atoms with Crippen molar-refractivity contribution in [3.8, 4) is 5.75 Å². The van der Waals surface area contributed by atoms with Crippen LogP contribution >= 0.6 is 0 Å². The highest BCUT2D eigenvalue weighted by atomic mass is 16.6. The maximum absolute atomic E-state index is 13.4. The van der Waals surface area contributed by atoms with Gasteiger partial charge in [-0.05, 0) is 28.0 Å². The van der Waals surface area contributed by atoms with Gasteiger partial charge in [-0.2, -0.15) is 0 Å². The standard InChI is InChI=1S/C26H20O3/c27-24(26-25(29-26)20-12-5-2-6-13-20)23-21-14-8-7-11-19(21)15-16-22(23)28-17-18-9-3-1-4-10-18/h1-16,25-26H,17H2/t25-,26-/m1/s1. The van der Waals surface area contributed by atoms with Crippen LogP contribution in [0.2, 0.25) is 0 Å². The molecular formula is C26H20O3. The predicted molar refractivity (Wildman–Crippen MR) is 113 cm³/mol. The van der Waals surface area contributed by atoms with Crippen molar-refractivity contribution in [3.05, 3.63) is 114 Å². The second-order valence-electron chi connectivity index (χ2n) is 7.19. The van der Waals surface area contributed by atoms with Crippen LogP contribution in [-0.4, -0.2) is 11.9 Å². The number of epoxide rings is 1. The maximum atomic E-state index is 13.4. The molecular weight excluding hydrogens is 360 g/mol. The molecule has 1 saturated heterocycles. The third kappa shape index (κ3) is 3.53. The first-order valence-electron chi connectivity index (χ1n) is 9.74. The van der Waals surface area contributed by atoms with Crippen molar-refractivity contribution in [3.63, 3.8) is 0 Å². The molecule has 4 aromatic carbocycles. The van der Waals surface area contributed by atoms with Gasteiger partial charge in [-0.3, -0.25) is 4.79 Å². The molecule has 3 nitrogen and oxygen atoms in total. The lowest BCUT2D eigenvalue weighted by atomic mass is 9.96. The summed E-state index contributed by atoms with van der Waals surface area (Å²) < 4.78 is 11.9. The van der Waals surface area contributed by atoms with Crippen LogP contribution in [-0.2, 0) is 11.3 Å². The molecule has 0 spiro atoms. The predicted octanol–water partition coefficient (Wildman–Crippen LogP) is 5.74. The van der Waals surface area contributed by atoms with E-state index in [0.717, 1.165) is 21.9 Å². The van der Waals surface area contributed by atoms with Crippen molar-refractivity contribution < 1.29 is 14.3 Å². The number of benzene rings is 4. The van der Waals surface area contributed by atoms with Gasteiger partial charge >= 0.3 is 0 Å². The minimum Gasteiger partial charge on any atom is -0.488 e. The lowest BCUT2D eigenvalue weighted by Gasteiger charge is -2.13. The van der Waals surface area contributed by atoms with E-state index in [1.165, 1.54) is 0 Å². The number of fused-ring (bicyclic) bond motifs is 1. The Labute approximate surface area is 169 Å². The number of rotatable bonds is 6. The normalized spacial score (nSPS) is 17.8. The Morgan fingerprint density at radius 3 is 2.28 bits per heavy atom. The topological polar surface area (TPSA) is 38.8 Å². The number of ether oxygens (including phenoxy) is 2. The molecule has 0 bridgehead atoms. The van der Waals surface area contributed by atoms with Gasteiger partial charge in [-0.25, -0.2) is 0 Å². The summed E-state index contributed by atoms with van der Waals surface area (Å²) in [5, 5.41) is 1.91. The number of hydrogen-bond acceptors (Lipinski definition) is 3. The Kier molecular flexibility index (Phi) is 4.59. The molecule has 0 saturated carbocycles. The molecule has 3 heteroatoms. The van der Waals surface area contributed by atoms with Crippen LogP contribution in [0.1, 0.15) is 27.6 Å². The van der Waals surface area contributed by atoms with E-state index in [-0.39, 0.29) is 11.9 Å². The van der Waals surface area contributed by atoms with E-state index in [1.54, 1.807) is 0 Å². The number of carbonyl (C=O) groups excluding carboxylic acids is 1. The van der Waals surface area contributed by atoms with Crippen molar-refractivity contribution in [1.82, 2.24) is 0 Å². The molecule has 0 unspecified atom stereocenters. The Bertz CT molecular complexity index is 1150. The summed E-state index contributed by atoms with van der Waals surface area (Å²) in [5.74, 6) is 0.568. The summed E-state index contributed by atoms with van der Waals surface area (Å²) in [6, 6.07) is 31.6. The van der Waals surface area contributed by atoms with Crippen molar-refractivity contribution in [2.24, 2.45) is 0 Å². The van der Waals surface area contributed by atoms with Gasteiger partial charge in [0.1, 0.15) is 18.5 Å². The first kappa shape index (κ1) is 17.7. The molecule has 0 aliphatic carbocycles. The summed E-state index contributed by atoms with van der Waals surface area (Å²) in [6.45, 7) is 0.410. The zero-order valence-corrected chi connectivity index (χ0v) is 15.8. The van der Waals surface area contributed by atoms with Gasteiger partial charge in [-0.15, -0.1) is 0 Å². The monoisotopic (exact) mass is 380 g/mol. The lowest BCUT2D eigenvalue weighted by molar-refractivity contribution is 0.0951. The fraction of sp³-hybridized carbons (Fsp3) is 0.115. The van der Waals surface area contributed by atoms with E-state index in [2.05, 4.69) is 0 Å². The smallest absolute Gasteiger partial charge is 0.198 e. The molecule has 0 radical (unpaired) electrons. The fourth-order valence-corrected chi connectivity index (χ4v) is 3.71. The number of hydrogen-bond donors (Lipinski definition) is 0. The average Bonchev–Trinajstić information content (AvgIpc) is 3.59. The van der Waals surface area contributed by atoms with Gasteiger partial charge in [0.15, 0.2) is 11.9 Å². The van der Waals surface area contributed by atoms with Crippen molar-refractivity contribution in [2.45, 2.75) is 18.8 Å². The molecule has 0 aromatic heterocycles. The van der Waals surface area contributed by atoms with Crippen LogP contribution in [0, 0.1) is 0 Å². The van der Waals surface area contributed by atoms with E-state index < -0.39 is 6.10 Å². The third-order valence-electron chi connectivity index (χ3n) is 5.25. The summed E-state index contributed by atoms with van der Waals surface area (Å²) in [7, 11) is 0. The number of Topliss-reactive ketones (excluding diaryl/α,β-unsaturated/α-hetero) is 1. The van der Waals surface area contributed by atoms with Gasteiger partial charge < -0.3 is 9.47 Å². The summed E-state index contributed by atoms with van der Waals surface area (Å²) in [5.41, 5.74) is 2.68. The van der Waals surface area contributed by atoms with E-state index in [1.807, 2.05) is 97.1 Å². The van der Waals surface area contributed by atoms with Crippen LogP contribution in [0.4, 0.5) is 0 Å². The van der Waals surface area contributed by atoms with Crippen LogP contribution in [0.15, 0.2) is 97.1 Å². The minimum absolute atomic E-state index is 0.0290. The van der Waals surface area contributed by atoms with Gasteiger partial charge in [0, 0.05) is 0 Å². The Morgan fingerprint density at radius 2 is 1.48 bits per heavy atom. The zero-order valence-electron chi connectivity index (χ0n) is 15.8. The van der Waals surface area contributed by atoms with E-state index >= 15 is 0 Å². The highest BCUT2D eigenvalue weighted by Crippen LogP contribution is 2.43. The Morgan fingerprint density at radius 1 is 0.793 bits per heavy atom. The first-order chi connectivity index (χ1) is 14.3. The molecule has 4 aromatic rings. The molecule has 2 atom stereocenters. The Hall–Kier alpha value is -3.43. The lowest BCUT2D eigenvalue weighted by Crippen LogP contribution is -2.11. The average molecular weight is 380 g/mol. The van der Waals surface area contributed by atoms with Crippen molar-refractivity contribution in [1.29, 1.82) is 0 Å². The Balaban J connectivity index is 1.48. The van der Waals surface area contributed by atoms with Gasteiger partial charge in [0.25, 0.3) is 0 Å². The van der Waals surface area contributed by atoms with Crippen LogP contribution < -0.4 is 4.74 Å². The molecule has 1 aliphatic heterocycles. The van der Waals surface area contributed by atoms with E-state index in [4.69, 9.17) is 9.47 Å². The molecule has 0 amide bonds. The van der Waals surface area contributed by atoms with E-state index in [0.29, 0.717) is 17.9 Å². The highest BCUT2D eigenvalue weighted by molar-refractivity contribution is 6.13.